The van der Waals surface area contributed by atoms with Gasteiger partial charge in [-0.1, -0.05) is 11.6 Å². The molecule has 0 fully saturated rings. The van der Waals surface area contributed by atoms with Crippen molar-refractivity contribution in [2.24, 2.45) is 0 Å². The van der Waals surface area contributed by atoms with E-state index in [1.807, 2.05) is 6.07 Å². The van der Waals surface area contributed by atoms with Crippen LogP contribution in [-0.4, -0.2) is 33.7 Å². The van der Waals surface area contributed by atoms with Crippen LogP contribution in [0.2, 0.25) is 5.15 Å². The van der Waals surface area contributed by atoms with Gasteiger partial charge in [-0.2, -0.15) is 5.26 Å². The van der Waals surface area contributed by atoms with Crippen LogP contribution < -0.4 is 0 Å². The summed E-state index contributed by atoms with van der Waals surface area (Å²) in [6.07, 6.45) is -0.790. The van der Waals surface area contributed by atoms with Gasteiger partial charge in [0.05, 0.1) is 29.4 Å². The van der Waals surface area contributed by atoms with Crippen molar-refractivity contribution >= 4 is 23.4 Å². The minimum atomic E-state index is -0.790. The molecule has 1 atom stereocenters. The van der Waals surface area contributed by atoms with Gasteiger partial charge in [0, 0.05) is 5.75 Å². The lowest BCUT2D eigenvalue weighted by molar-refractivity contribution is 0.113. The van der Waals surface area contributed by atoms with Crippen molar-refractivity contribution in [3.05, 3.63) is 22.8 Å². The molecule has 4 nitrogen and oxygen atoms in total. The highest BCUT2D eigenvalue weighted by Gasteiger charge is 2.06. The number of pyridine rings is 1. The number of nitriles is 1. The molecule has 0 amide bonds. The highest BCUT2D eigenvalue weighted by molar-refractivity contribution is 7.99. The first-order valence-electron chi connectivity index (χ1n) is 4.15. The van der Waals surface area contributed by atoms with E-state index in [1.165, 1.54) is 17.8 Å². The van der Waals surface area contributed by atoms with Gasteiger partial charge in [-0.15, -0.1) is 11.8 Å². The van der Waals surface area contributed by atoms with E-state index in [0.29, 0.717) is 16.3 Å². The zero-order chi connectivity index (χ0) is 11.3. The maximum atomic E-state index is 9.12. The van der Waals surface area contributed by atoms with Crippen LogP contribution in [0.3, 0.4) is 0 Å². The Labute approximate surface area is 96.5 Å². The van der Waals surface area contributed by atoms with Gasteiger partial charge in [0.15, 0.2) is 0 Å². The lowest BCUT2D eigenvalue weighted by Gasteiger charge is -2.06. The van der Waals surface area contributed by atoms with Gasteiger partial charge < -0.3 is 10.2 Å². The topological polar surface area (TPSA) is 77.1 Å². The molecule has 1 unspecified atom stereocenters. The van der Waals surface area contributed by atoms with Gasteiger partial charge in [0.1, 0.15) is 5.15 Å². The van der Waals surface area contributed by atoms with Crippen molar-refractivity contribution in [1.82, 2.24) is 4.98 Å². The molecule has 1 heterocycles. The molecule has 0 aliphatic carbocycles. The summed E-state index contributed by atoms with van der Waals surface area (Å²) in [6, 6.07) is 5.01. The molecule has 2 N–H and O–H groups in total. The molecule has 0 radical (unpaired) electrons. The van der Waals surface area contributed by atoms with Crippen LogP contribution in [0, 0.1) is 11.3 Å². The molecule has 80 valence electrons. The molecule has 1 rings (SSSR count). The Balaban J connectivity index is 2.69. The molecule has 6 heteroatoms. The third kappa shape index (κ3) is 4.06. The van der Waals surface area contributed by atoms with Gasteiger partial charge in [0.2, 0.25) is 0 Å². The smallest absolute Gasteiger partial charge is 0.131 e. The largest absolute Gasteiger partial charge is 0.394 e. The first kappa shape index (κ1) is 12.3. The van der Waals surface area contributed by atoms with E-state index in [-0.39, 0.29) is 11.8 Å². The molecule has 0 spiro atoms. The van der Waals surface area contributed by atoms with Crippen molar-refractivity contribution in [1.29, 1.82) is 5.26 Å². The molecule has 15 heavy (non-hydrogen) atoms. The predicted octanol–water partition coefficient (Wildman–Crippen LogP) is 1.05. The summed E-state index contributed by atoms with van der Waals surface area (Å²) in [5.41, 5.74) is 0.427. The van der Waals surface area contributed by atoms with Crippen molar-refractivity contribution in [2.45, 2.75) is 11.1 Å². The maximum Gasteiger partial charge on any atom is 0.131 e. The summed E-state index contributed by atoms with van der Waals surface area (Å²) in [6.45, 7) is -0.293. The number of halogens is 1. The molecule has 0 aliphatic rings. The number of hydrogen-bond donors (Lipinski definition) is 2. The highest BCUT2D eigenvalue weighted by atomic mass is 35.5. The molecule has 1 aromatic heterocycles. The number of aliphatic hydroxyl groups is 2. The van der Waals surface area contributed by atoms with Gasteiger partial charge in [0.25, 0.3) is 0 Å². The number of aromatic nitrogens is 1. The molecular formula is C9H9ClN2O2S. The van der Waals surface area contributed by atoms with Crippen molar-refractivity contribution in [3.63, 3.8) is 0 Å². The van der Waals surface area contributed by atoms with Crippen molar-refractivity contribution in [3.8, 4) is 6.07 Å². The van der Waals surface area contributed by atoms with Gasteiger partial charge in [-0.3, -0.25) is 0 Å². The van der Waals surface area contributed by atoms with Crippen LogP contribution in [0.5, 0.6) is 0 Å². The average Bonchev–Trinajstić information content (AvgIpc) is 2.25. The second kappa shape index (κ2) is 5.93. The fourth-order valence-electron chi connectivity index (χ4n) is 0.846. The van der Waals surface area contributed by atoms with Crippen LogP contribution in [0.1, 0.15) is 5.56 Å². The maximum absolute atomic E-state index is 9.12. The zero-order valence-corrected chi connectivity index (χ0v) is 9.29. The minimum Gasteiger partial charge on any atom is -0.394 e. The monoisotopic (exact) mass is 244 g/mol. The number of nitrogens with zero attached hydrogens (tertiary/aromatic N) is 2. The Morgan fingerprint density at radius 1 is 1.60 bits per heavy atom. The van der Waals surface area contributed by atoms with Crippen LogP contribution in [0.4, 0.5) is 0 Å². The van der Waals surface area contributed by atoms with Gasteiger partial charge in [-0.25, -0.2) is 4.98 Å². The molecule has 0 bridgehead atoms. The summed E-state index contributed by atoms with van der Waals surface area (Å²) >= 11 is 6.93. The summed E-state index contributed by atoms with van der Waals surface area (Å²) in [5, 5.41) is 27.2. The zero-order valence-electron chi connectivity index (χ0n) is 7.72. The molecule has 1 aromatic rings. The lowest BCUT2D eigenvalue weighted by atomic mass is 10.3. The van der Waals surface area contributed by atoms with Crippen molar-refractivity contribution < 1.29 is 10.2 Å². The summed E-state index contributed by atoms with van der Waals surface area (Å²) < 4.78 is 0. The predicted molar refractivity (Wildman–Crippen MR) is 57.8 cm³/mol. The standard InChI is InChI=1S/C9H9ClN2O2S/c10-8-1-6(3-11)2-9(12-8)15-5-7(14)4-13/h1-2,7,13-14H,4-5H2. The van der Waals surface area contributed by atoms with E-state index < -0.39 is 6.10 Å². The van der Waals surface area contributed by atoms with Gasteiger partial charge >= 0.3 is 0 Å². The molecular weight excluding hydrogens is 236 g/mol. The molecule has 0 aromatic carbocycles. The van der Waals surface area contributed by atoms with E-state index >= 15 is 0 Å². The Kier molecular flexibility index (Phi) is 4.85. The number of thioether (sulfide) groups is 1. The van der Waals surface area contributed by atoms with E-state index in [9.17, 15) is 0 Å². The van der Waals surface area contributed by atoms with Gasteiger partial charge in [-0.05, 0) is 12.1 Å². The lowest BCUT2D eigenvalue weighted by Crippen LogP contribution is -2.14. The number of rotatable bonds is 4. The van der Waals surface area contributed by atoms with Crippen LogP contribution in [0.15, 0.2) is 17.2 Å². The van der Waals surface area contributed by atoms with E-state index in [0.717, 1.165) is 0 Å². The fourth-order valence-corrected chi connectivity index (χ4v) is 1.95. The van der Waals surface area contributed by atoms with Crippen LogP contribution >= 0.6 is 23.4 Å². The highest BCUT2D eigenvalue weighted by Crippen LogP contribution is 2.20. The first-order valence-corrected chi connectivity index (χ1v) is 5.51. The average molecular weight is 245 g/mol. The third-order valence-corrected chi connectivity index (χ3v) is 2.78. The molecule has 0 aliphatic heterocycles. The number of aliphatic hydroxyl groups excluding tert-OH is 2. The minimum absolute atomic E-state index is 0.245. The Morgan fingerprint density at radius 3 is 2.93 bits per heavy atom. The second-order valence-corrected chi connectivity index (χ2v) is 4.20. The van der Waals surface area contributed by atoms with Crippen LogP contribution in [-0.2, 0) is 0 Å². The van der Waals surface area contributed by atoms with E-state index in [1.54, 1.807) is 6.07 Å². The third-order valence-electron chi connectivity index (χ3n) is 1.53. The van der Waals surface area contributed by atoms with Crippen molar-refractivity contribution in [2.75, 3.05) is 12.4 Å². The summed E-state index contributed by atoms with van der Waals surface area (Å²) in [5.74, 6) is 0.314. The SMILES string of the molecule is N#Cc1cc(Cl)nc(SCC(O)CO)c1. The Morgan fingerprint density at radius 2 is 2.33 bits per heavy atom. The van der Waals surface area contributed by atoms with E-state index in [2.05, 4.69) is 4.98 Å². The quantitative estimate of drug-likeness (QED) is 0.612. The first-order chi connectivity index (χ1) is 7.15. The normalized spacial score (nSPS) is 12.1. The Hall–Kier alpha value is -0.800. The summed E-state index contributed by atoms with van der Waals surface area (Å²) in [7, 11) is 0. The van der Waals surface area contributed by atoms with E-state index in [4.69, 9.17) is 27.1 Å². The fraction of sp³-hybridized carbons (Fsp3) is 0.333. The molecule has 0 saturated carbocycles. The molecule has 0 saturated heterocycles. The van der Waals surface area contributed by atoms with Crippen LogP contribution in [0.25, 0.3) is 0 Å². The number of hydrogen-bond acceptors (Lipinski definition) is 5. The second-order valence-electron chi connectivity index (χ2n) is 2.78. The summed E-state index contributed by atoms with van der Waals surface area (Å²) in [4.78, 5) is 3.97. The Bertz CT molecular complexity index is 381.